The molecule has 1 unspecified atom stereocenters. The maximum absolute atomic E-state index is 13.4. The molecule has 128 valence electrons. The number of fused-ring (bicyclic) bond motifs is 6. The second-order valence-corrected chi connectivity index (χ2v) is 6.33. The highest BCUT2D eigenvalue weighted by molar-refractivity contribution is 6.08. The number of aromatic nitrogens is 2. The van der Waals surface area contributed by atoms with Crippen molar-refractivity contribution in [3.63, 3.8) is 0 Å². The summed E-state index contributed by atoms with van der Waals surface area (Å²) in [6.07, 6.45) is 0. The maximum atomic E-state index is 13.4. The number of likely N-dealkylation sites (N-methyl/N-ethyl adjacent to an activating group) is 1. The number of nitrogens with zero attached hydrogens (tertiary/aromatic N) is 3. The number of aliphatic imine (C=N–C) groups is 1. The lowest BCUT2D eigenvalue weighted by Gasteiger charge is -2.29. The molecule has 1 spiro atoms. The van der Waals surface area contributed by atoms with Crippen molar-refractivity contribution in [3.8, 4) is 0 Å². The van der Waals surface area contributed by atoms with Gasteiger partial charge in [0.15, 0.2) is 0 Å². The van der Waals surface area contributed by atoms with Gasteiger partial charge in [-0.25, -0.2) is 10.3 Å². The first kappa shape index (κ1) is 14.6. The fourth-order valence-electron chi connectivity index (χ4n) is 3.85. The van der Waals surface area contributed by atoms with Crippen molar-refractivity contribution in [2.45, 2.75) is 5.66 Å². The molecule has 2 aromatic carbocycles. The van der Waals surface area contributed by atoms with Crippen molar-refractivity contribution >= 4 is 34.4 Å². The maximum Gasteiger partial charge on any atom is 0.368 e. The summed E-state index contributed by atoms with van der Waals surface area (Å²) in [7, 11) is 1.71. The van der Waals surface area contributed by atoms with Crippen molar-refractivity contribution in [1.82, 2.24) is 4.98 Å². The molecule has 0 saturated heterocycles. The van der Waals surface area contributed by atoms with Crippen LogP contribution in [0, 0.1) is 0 Å². The van der Waals surface area contributed by atoms with E-state index in [1.165, 1.54) is 0 Å². The van der Waals surface area contributed by atoms with E-state index in [9.17, 15) is 9.59 Å². The molecule has 0 fully saturated rings. The van der Waals surface area contributed by atoms with Gasteiger partial charge in [-0.15, -0.1) is 0 Å². The number of carbonyl (C=O) groups excluding carboxylic acids is 1. The Kier molecular flexibility index (Phi) is 2.64. The Morgan fingerprint density at radius 1 is 1.12 bits per heavy atom. The lowest BCUT2D eigenvalue weighted by atomic mass is 9.99. The molecule has 1 atom stereocenters. The van der Waals surface area contributed by atoms with E-state index in [0.29, 0.717) is 22.4 Å². The van der Waals surface area contributed by atoms with Crippen LogP contribution in [0.1, 0.15) is 5.56 Å². The van der Waals surface area contributed by atoms with Crippen LogP contribution in [0.3, 0.4) is 0 Å². The molecule has 3 aromatic rings. The third-order valence-electron chi connectivity index (χ3n) is 4.94. The number of nitrogens with two attached hydrogens (primary N) is 1. The highest BCUT2D eigenvalue weighted by atomic mass is 16.2. The smallest absolute Gasteiger partial charge is 0.357 e. The monoisotopic (exact) mass is 347 g/mol. The van der Waals surface area contributed by atoms with E-state index in [1.807, 2.05) is 30.3 Å². The first-order valence-electron chi connectivity index (χ1n) is 8.11. The van der Waals surface area contributed by atoms with Gasteiger partial charge in [0.05, 0.1) is 11.1 Å². The molecule has 0 saturated carbocycles. The number of anilines is 2. The van der Waals surface area contributed by atoms with Crippen molar-refractivity contribution in [2.24, 2.45) is 10.7 Å². The zero-order chi connectivity index (χ0) is 18.1. The summed E-state index contributed by atoms with van der Waals surface area (Å²) in [5.74, 6) is 0.139. The molecule has 5 rings (SSSR count). The Balaban J connectivity index is 2.00. The second kappa shape index (κ2) is 4.69. The summed E-state index contributed by atoms with van der Waals surface area (Å²) in [6, 6.07) is 14.6. The van der Waals surface area contributed by atoms with E-state index in [0.717, 1.165) is 5.69 Å². The number of hydrogen-bond acceptors (Lipinski definition) is 5. The van der Waals surface area contributed by atoms with Crippen LogP contribution in [0.4, 0.5) is 11.6 Å². The fraction of sp³-hybridized carbons (Fsp3) is 0.111. The van der Waals surface area contributed by atoms with Crippen LogP contribution in [-0.2, 0) is 10.5 Å². The fourth-order valence-corrected chi connectivity index (χ4v) is 3.85. The first-order valence-corrected chi connectivity index (χ1v) is 8.11. The predicted molar refractivity (Wildman–Crippen MR) is 96.9 cm³/mol. The van der Waals surface area contributed by atoms with E-state index >= 15 is 0 Å². The lowest BCUT2D eigenvalue weighted by Crippen LogP contribution is -2.66. The van der Waals surface area contributed by atoms with Crippen LogP contribution in [0.5, 0.6) is 0 Å². The number of rotatable bonds is 0. The summed E-state index contributed by atoms with van der Waals surface area (Å²) in [5, 5.41) is 3.34. The quantitative estimate of drug-likeness (QED) is 0.506. The molecule has 0 bridgehead atoms. The highest BCUT2D eigenvalue weighted by Gasteiger charge is 2.58. The van der Waals surface area contributed by atoms with Crippen LogP contribution in [0.15, 0.2) is 58.3 Å². The number of hydrogen-bond donors (Lipinski definition) is 3. The summed E-state index contributed by atoms with van der Waals surface area (Å²) in [6.45, 7) is 0. The highest BCUT2D eigenvalue weighted by Crippen LogP contribution is 2.41. The van der Waals surface area contributed by atoms with Gasteiger partial charge in [-0.2, -0.15) is 9.56 Å². The molecule has 8 heteroatoms. The molecule has 0 aliphatic carbocycles. The molecule has 26 heavy (non-hydrogen) atoms. The lowest BCUT2D eigenvalue weighted by molar-refractivity contribution is -0.702. The molecule has 3 heterocycles. The zero-order valence-corrected chi connectivity index (χ0v) is 13.9. The summed E-state index contributed by atoms with van der Waals surface area (Å²) in [4.78, 5) is 34.8. The topological polar surface area (TPSA) is 107 Å². The van der Waals surface area contributed by atoms with E-state index in [4.69, 9.17) is 5.73 Å². The Morgan fingerprint density at radius 2 is 1.85 bits per heavy atom. The number of benzene rings is 2. The van der Waals surface area contributed by atoms with Crippen molar-refractivity contribution in [1.29, 1.82) is 0 Å². The van der Waals surface area contributed by atoms with Gasteiger partial charge >= 0.3 is 11.5 Å². The Bertz CT molecular complexity index is 1200. The summed E-state index contributed by atoms with van der Waals surface area (Å²) < 4.78 is 1.71. The van der Waals surface area contributed by atoms with Crippen LogP contribution in [0.2, 0.25) is 0 Å². The molecule has 8 nitrogen and oxygen atoms in total. The standard InChI is InChI=1S/C18H14N6O2/c1-23-13-9-5-3-7-11(13)18(15(23)26)22-16(19)21-17-20-14(25)10-6-2-4-8-12(10)24(17)18/h2-9H,1H3,(H3,19,20,21,22,25)/p+1. The molecule has 4 N–H and O–H groups in total. The molecule has 1 aromatic heterocycles. The van der Waals surface area contributed by atoms with Crippen LogP contribution >= 0.6 is 0 Å². The van der Waals surface area contributed by atoms with E-state index < -0.39 is 5.66 Å². The van der Waals surface area contributed by atoms with Gasteiger partial charge in [0, 0.05) is 12.6 Å². The number of para-hydroxylation sites is 2. The third kappa shape index (κ3) is 1.58. The molecule has 2 aliphatic rings. The average molecular weight is 347 g/mol. The molecule has 2 aliphatic heterocycles. The van der Waals surface area contributed by atoms with Gasteiger partial charge in [0.25, 0.3) is 17.5 Å². The van der Waals surface area contributed by atoms with Gasteiger partial charge in [-0.3, -0.25) is 9.59 Å². The number of amides is 1. The summed E-state index contributed by atoms with van der Waals surface area (Å²) >= 11 is 0. The zero-order valence-electron chi connectivity index (χ0n) is 13.9. The average Bonchev–Trinajstić information content (AvgIpc) is 2.84. The summed E-state index contributed by atoms with van der Waals surface area (Å²) in [5.41, 5.74) is 6.38. The van der Waals surface area contributed by atoms with E-state index in [1.54, 1.807) is 34.7 Å². The molecule has 0 radical (unpaired) electrons. The van der Waals surface area contributed by atoms with Crippen molar-refractivity contribution in [2.75, 3.05) is 17.3 Å². The second-order valence-electron chi connectivity index (χ2n) is 6.33. The number of H-pyrrole nitrogens is 1. The normalized spacial score (nSPS) is 20.7. The minimum atomic E-state index is -1.40. The van der Waals surface area contributed by atoms with Gasteiger partial charge < -0.3 is 10.6 Å². The van der Waals surface area contributed by atoms with Crippen LogP contribution < -0.4 is 26.1 Å². The number of carbonyl (C=O) groups is 1. The van der Waals surface area contributed by atoms with Gasteiger partial charge in [-0.1, -0.05) is 30.3 Å². The SMILES string of the molecule is CN1C(=O)C2(N=C(N)Nc3[nH]c(=O)c4ccccc4[n+]32)c2ccccc21. The Morgan fingerprint density at radius 3 is 2.69 bits per heavy atom. The Hall–Kier alpha value is -3.68. The molecule has 1 amide bonds. The first-order chi connectivity index (χ1) is 12.5. The number of nitrogens with one attached hydrogen (secondary N) is 2. The molecular weight excluding hydrogens is 332 g/mol. The van der Waals surface area contributed by atoms with Gasteiger partial charge in [-0.05, 0) is 18.2 Å². The van der Waals surface area contributed by atoms with Crippen LogP contribution in [0.25, 0.3) is 10.9 Å². The minimum absolute atomic E-state index is 0.0642. The number of guanidine groups is 1. The van der Waals surface area contributed by atoms with Crippen molar-refractivity contribution < 1.29 is 9.36 Å². The van der Waals surface area contributed by atoms with E-state index in [-0.39, 0.29) is 17.4 Å². The van der Waals surface area contributed by atoms with Crippen molar-refractivity contribution in [3.05, 3.63) is 64.4 Å². The molecular formula is C18H15N6O2+. The number of aromatic amines is 1. The predicted octanol–water partition coefficient (Wildman–Crippen LogP) is 0.233. The van der Waals surface area contributed by atoms with Crippen LogP contribution in [-0.4, -0.2) is 23.9 Å². The van der Waals surface area contributed by atoms with Gasteiger partial charge in [0.2, 0.25) is 0 Å². The third-order valence-corrected chi connectivity index (χ3v) is 4.94. The minimum Gasteiger partial charge on any atom is -0.357 e. The van der Waals surface area contributed by atoms with E-state index in [2.05, 4.69) is 15.3 Å². The van der Waals surface area contributed by atoms with Gasteiger partial charge in [0.1, 0.15) is 5.52 Å². The Labute approximate surface area is 147 Å². The largest absolute Gasteiger partial charge is 0.368 e.